The highest BCUT2D eigenvalue weighted by molar-refractivity contribution is 5.94. The highest BCUT2D eigenvalue weighted by atomic mass is 16.5. The predicted molar refractivity (Wildman–Crippen MR) is 120 cm³/mol. The van der Waals surface area contributed by atoms with Crippen molar-refractivity contribution in [1.82, 2.24) is 0 Å². The van der Waals surface area contributed by atoms with Gasteiger partial charge in [-0.25, -0.2) is 9.59 Å². The van der Waals surface area contributed by atoms with Crippen LogP contribution in [0.1, 0.15) is 31.8 Å². The lowest BCUT2D eigenvalue weighted by molar-refractivity contribution is 0.0720. The van der Waals surface area contributed by atoms with Gasteiger partial charge in [-0.05, 0) is 72.5 Å². The molecular weight excluding hydrogens is 408 g/mol. The predicted octanol–water partition coefficient (Wildman–Crippen LogP) is 4.50. The van der Waals surface area contributed by atoms with Gasteiger partial charge in [-0.15, -0.1) is 0 Å². The fraction of sp³-hybridized carbons (Fsp3) is 0.231. The molecule has 0 saturated heterocycles. The molecule has 166 valence electrons. The molecule has 0 spiro atoms. The molecule has 32 heavy (non-hydrogen) atoms. The second kappa shape index (κ2) is 11.8. The van der Waals surface area contributed by atoms with Crippen molar-refractivity contribution in [2.75, 3.05) is 27.4 Å². The van der Waals surface area contributed by atoms with Gasteiger partial charge in [-0.2, -0.15) is 0 Å². The summed E-state index contributed by atoms with van der Waals surface area (Å²) in [5.41, 5.74) is 2.87. The second-order valence-corrected chi connectivity index (χ2v) is 7.13. The van der Waals surface area contributed by atoms with Crippen LogP contribution < -0.4 is 9.47 Å². The van der Waals surface area contributed by atoms with E-state index in [9.17, 15) is 9.59 Å². The van der Waals surface area contributed by atoms with Gasteiger partial charge in [0.25, 0.3) is 0 Å². The van der Waals surface area contributed by atoms with Crippen molar-refractivity contribution in [2.45, 2.75) is 12.8 Å². The average molecular weight is 434 g/mol. The SMILES string of the molecule is COCCc1ccc(OC(=O)c2ccc(C(=O)Oc3ccc(CCOC)cc3)cc2)cc1. The van der Waals surface area contributed by atoms with E-state index in [1.54, 1.807) is 62.8 Å². The maximum absolute atomic E-state index is 12.4. The molecule has 0 aliphatic carbocycles. The van der Waals surface area contributed by atoms with Crippen molar-refractivity contribution in [2.24, 2.45) is 0 Å². The lowest BCUT2D eigenvalue weighted by atomic mass is 10.1. The van der Waals surface area contributed by atoms with Gasteiger partial charge in [0, 0.05) is 14.2 Å². The lowest BCUT2D eigenvalue weighted by Gasteiger charge is -2.08. The molecule has 0 saturated carbocycles. The van der Waals surface area contributed by atoms with E-state index in [1.807, 2.05) is 24.3 Å². The fourth-order valence-corrected chi connectivity index (χ4v) is 2.96. The summed E-state index contributed by atoms with van der Waals surface area (Å²) in [6, 6.07) is 20.7. The summed E-state index contributed by atoms with van der Waals surface area (Å²) in [4.78, 5) is 24.8. The third-order valence-corrected chi connectivity index (χ3v) is 4.81. The van der Waals surface area contributed by atoms with Crippen LogP contribution >= 0.6 is 0 Å². The van der Waals surface area contributed by atoms with Gasteiger partial charge < -0.3 is 18.9 Å². The molecule has 0 aliphatic heterocycles. The van der Waals surface area contributed by atoms with Gasteiger partial charge in [-0.1, -0.05) is 24.3 Å². The number of carbonyl (C=O) groups excluding carboxylic acids is 2. The molecule has 6 heteroatoms. The quantitative estimate of drug-likeness (QED) is 0.346. The fourth-order valence-electron chi connectivity index (χ4n) is 2.96. The number of methoxy groups -OCH3 is 2. The summed E-state index contributed by atoms with van der Waals surface area (Å²) in [5, 5.41) is 0. The summed E-state index contributed by atoms with van der Waals surface area (Å²) >= 11 is 0. The van der Waals surface area contributed by atoms with E-state index in [0.717, 1.165) is 24.0 Å². The van der Waals surface area contributed by atoms with Crippen LogP contribution in [-0.4, -0.2) is 39.4 Å². The van der Waals surface area contributed by atoms with Crippen LogP contribution in [-0.2, 0) is 22.3 Å². The first-order valence-corrected chi connectivity index (χ1v) is 10.3. The standard InChI is InChI=1S/C26H26O6/c1-29-17-15-19-3-11-23(12-4-19)31-25(27)21-7-9-22(10-8-21)26(28)32-24-13-5-20(6-14-24)16-18-30-2/h3-14H,15-18H2,1-2H3. The Hall–Kier alpha value is -3.48. The molecule has 0 heterocycles. The molecule has 3 aromatic rings. The van der Waals surface area contributed by atoms with E-state index >= 15 is 0 Å². The van der Waals surface area contributed by atoms with Crippen LogP contribution in [0.15, 0.2) is 72.8 Å². The molecule has 0 bridgehead atoms. The molecule has 6 nitrogen and oxygen atoms in total. The summed E-state index contributed by atoms with van der Waals surface area (Å²) in [7, 11) is 3.31. The molecular formula is C26H26O6. The van der Waals surface area contributed by atoms with E-state index < -0.39 is 11.9 Å². The molecule has 0 aromatic heterocycles. The third-order valence-electron chi connectivity index (χ3n) is 4.81. The first-order valence-electron chi connectivity index (χ1n) is 10.3. The molecule has 0 unspecified atom stereocenters. The number of carbonyl (C=O) groups is 2. The number of hydrogen-bond acceptors (Lipinski definition) is 6. The Morgan fingerprint density at radius 1 is 0.562 bits per heavy atom. The summed E-state index contributed by atoms with van der Waals surface area (Å²) < 4.78 is 20.9. The zero-order valence-electron chi connectivity index (χ0n) is 18.2. The highest BCUT2D eigenvalue weighted by Crippen LogP contribution is 2.17. The van der Waals surface area contributed by atoms with Crippen LogP contribution in [0.5, 0.6) is 11.5 Å². The van der Waals surface area contributed by atoms with Gasteiger partial charge in [0.1, 0.15) is 11.5 Å². The third kappa shape index (κ3) is 6.77. The van der Waals surface area contributed by atoms with E-state index in [2.05, 4.69) is 0 Å². The van der Waals surface area contributed by atoms with Crippen molar-refractivity contribution >= 4 is 11.9 Å². The minimum atomic E-state index is -0.499. The highest BCUT2D eigenvalue weighted by Gasteiger charge is 2.13. The molecule has 0 fully saturated rings. The van der Waals surface area contributed by atoms with E-state index in [4.69, 9.17) is 18.9 Å². The number of benzene rings is 3. The minimum Gasteiger partial charge on any atom is -0.423 e. The number of ether oxygens (including phenoxy) is 4. The number of esters is 2. The summed E-state index contributed by atoms with van der Waals surface area (Å²) in [5.74, 6) is -0.0930. The summed E-state index contributed by atoms with van der Waals surface area (Å²) in [6.07, 6.45) is 1.58. The van der Waals surface area contributed by atoms with Gasteiger partial charge >= 0.3 is 11.9 Å². The number of rotatable bonds is 10. The molecule has 0 radical (unpaired) electrons. The Morgan fingerprint density at radius 2 is 0.906 bits per heavy atom. The van der Waals surface area contributed by atoms with Crippen LogP contribution in [0, 0.1) is 0 Å². The largest absolute Gasteiger partial charge is 0.423 e. The lowest BCUT2D eigenvalue weighted by Crippen LogP contribution is -2.11. The topological polar surface area (TPSA) is 71.1 Å². The second-order valence-electron chi connectivity index (χ2n) is 7.13. The van der Waals surface area contributed by atoms with Crippen molar-refractivity contribution < 1.29 is 28.5 Å². The van der Waals surface area contributed by atoms with Crippen LogP contribution in [0.3, 0.4) is 0 Å². The van der Waals surface area contributed by atoms with E-state index in [0.29, 0.717) is 35.8 Å². The van der Waals surface area contributed by atoms with Crippen molar-refractivity contribution in [3.05, 3.63) is 95.1 Å². The van der Waals surface area contributed by atoms with Gasteiger partial charge in [0.05, 0.1) is 24.3 Å². The molecule has 0 amide bonds. The van der Waals surface area contributed by atoms with Gasteiger partial charge in [-0.3, -0.25) is 0 Å². The Kier molecular flexibility index (Phi) is 8.54. The normalized spacial score (nSPS) is 10.6. The Balaban J connectivity index is 1.55. The molecule has 3 aromatic carbocycles. The van der Waals surface area contributed by atoms with E-state index in [-0.39, 0.29) is 0 Å². The monoisotopic (exact) mass is 434 g/mol. The number of hydrogen-bond donors (Lipinski definition) is 0. The Labute approximate surface area is 187 Å². The Morgan fingerprint density at radius 3 is 1.22 bits per heavy atom. The van der Waals surface area contributed by atoms with Gasteiger partial charge in [0.15, 0.2) is 0 Å². The molecule has 3 rings (SSSR count). The molecule has 0 atom stereocenters. The maximum Gasteiger partial charge on any atom is 0.343 e. The summed E-state index contributed by atoms with van der Waals surface area (Å²) in [6.45, 7) is 1.27. The van der Waals surface area contributed by atoms with Crippen molar-refractivity contribution in [3.8, 4) is 11.5 Å². The molecule has 0 aliphatic rings. The first-order chi connectivity index (χ1) is 15.6. The zero-order valence-corrected chi connectivity index (χ0v) is 18.2. The first kappa shape index (κ1) is 23.2. The minimum absolute atomic E-state index is 0.340. The van der Waals surface area contributed by atoms with E-state index in [1.165, 1.54) is 0 Å². The van der Waals surface area contributed by atoms with Gasteiger partial charge in [0.2, 0.25) is 0 Å². The van der Waals surface area contributed by atoms with Crippen LogP contribution in [0.2, 0.25) is 0 Å². The van der Waals surface area contributed by atoms with Crippen molar-refractivity contribution in [1.29, 1.82) is 0 Å². The average Bonchev–Trinajstić information content (AvgIpc) is 2.83. The molecule has 0 N–H and O–H groups in total. The smallest absolute Gasteiger partial charge is 0.343 e. The maximum atomic E-state index is 12.4. The van der Waals surface area contributed by atoms with Crippen LogP contribution in [0.25, 0.3) is 0 Å². The van der Waals surface area contributed by atoms with Crippen molar-refractivity contribution in [3.63, 3.8) is 0 Å². The van der Waals surface area contributed by atoms with Crippen LogP contribution in [0.4, 0.5) is 0 Å². The Bertz CT molecular complexity index is 923. The zero-order chi connectivity index (χ0) is 22.8.